The molecule has 1 aromatic heterocycles. The lowest BCUT2D eigenvalue weighted by atomic mass is 10.2. The van der Waals surface area contributed by atoms with Crippen molar-refractivity contribution in [3.8, 4) is 0 Å². The molecule has 0 radical (unpaired) electrons. The second-order valence-electron chi connectivity index (χ2n) is 4.86. The molecule has 0 unspecified atom stereocenters. The van der Waals surface area contributed by atoms with Gasteiger partial charge in [0.25, 0.3) is 0 Å². The third kappa shape index (κ3) is 3.33. The third-order valence-corrected chi connectivity index (χ3v) is 3.50. The van der Waals surface area contributed by atoms with Crippen LogP contribution in [0.15, 0.2) is 55.1 Å². The number of rotatable bonds is 4. The molecular weight excluding hydrogens is 331 g/mol. The van der Waals surface area contributed by atoms with Gasteiger partial charge in [-0.3, -0.25) is 10.1 Å². The van der Waals surface area contributed by atoms with Gasteiger partial charge in [-0.25, -0.2) is 9.37 Å². The average molecular weight is 343 g/mol. The quantitative estimate of drug-likeness (QED) is 0.694. The van der Waals surface area contributed by atoms with E-state index in [2.05, 4.69) is 27.2 Å². The highest BCUT2D eigenvalue weighted by Gasteiger charge is 2.10. The van der Waals surface area contributed by atoms with Gasteiger partial charge in [-0.1, -0.05) is 30.3 Å². The Labute approximate surface area is 142 Å². The van der Waals surface area contributed by atoms with Crippen LogP contribution in [0, 0.1) is 5.82 Å². The first-order chi connectivity index (χ1) is 11.6. The number of para-hydroxylation sites is 1. The molecule has 0 saturated heterocycles. The normalized spacial score (nSPS) is 10.4. The first-order valence-corrected chi connectivity index (χ1v) is 7.37. The van der Waals surface area contributed by atoms with E-state index in [0.717, 1.165) is 11.5 Å². The molecule has 120 valence electrons. The van der Waals surface area contributed by atoms with Gasteiger partial charge in [0, 0.05) is 11.1 Å². The predicted octanol–water partition coefficient (Wildman–Crippen LogP) is 4.29. The van der Waals surface area contributed by atoms with Crippen molar-refractivity contribution in [3.05, 3.63) is 66.0 Å². The number of hydrogen-bond donors (Lipinski definition) is 2. The van der Waals surface area contributed by atoms with Crippen molar-refractivity contribution in [1.29, 1.82) is 0 Å². The van der Waals surface area contributed by atoms with E-state index in [4.69, 9.17) is 11.6 Å². The Kier molecular flexibility index (Phi) is 4.39. The number of carbonyl (C=O) groups excluding carboxylic acids is 1. The lowest BCUT2D eigenvalue weighted by Gasteiger charge is -2.11. The van der Waals surface area contributed by atoms with Crippen molar-refractivity contribution in [2.75, 3.05) is 10.6 Å². The van der Waals surface area contributed by atoms with Gasteiger partial charge in [0.15, 0.2) is 0 Å². The standard InChI is InChI=1S/C17H12ClFN4O/c1-2-15(24)22-17-21-14-6-4-3-5-11(14)16(23-17)20-10-7-8-13(19)12(18)9-10/h2-9H,1H2,(H2,20,21,22,23,24). The molecule has 1 heterocycles. The number of amides is 1. The zero-order valence-electron chi connectivity index (χ0n) is 12.4. The predicted molar refractivity (Wildman–Crippen MR) is 93.1 cm³/mol. The van der Waals surface area contributed by atoms with Gasteiger partial charge >= 0.3 is 0 Å². The number of nitrogens with one attached hydrogen (secondary N) is 2. The summed E-state index contributed by atoms with van der Waals surface area (Å²) in [6.07, 6.45) is 1.13. The fourth-order valence-electron chi connectivity index (χ4n) is 2.10. The highest BCUT2D eigenvalue weighted by atomic mass is 35.5. The summed E-state index contributed by atoms with van der Waals surface area (Å²) in [5, 5.41) is 6.34. The Bertz CT molecular complexity index is 945. The highest BCUT2D eigenvalue weighted by Crippen LogP contribution is 2.27. The monoisotopic (exact) mass is 342 g/mol. The summed E-state index contributed by atoms with van der Waals surface area (Å²) in [6.45, 7) is 3.39. The Balaban J connectivity index is 2.05. The molecule has 1 amide bonds. The molecule has 0 aliphatic carbocycles. The summed E-state index contributed by atoms with van der Waals surface area (Å²) < 4.78 is 13.3. The maximum absolute atomic E-state index is 13.3. The van der Waals surface area contributed by atoms with Crippen molar-refractivity contribution in [3.63, 3.8) is 0 Å². The molecule has 2 N–H and O–H groups in total. The molecule has 7 heteroatoms. The summed E-state index contributed by atoms with van der Waals surface area (Å²) in [5.41, 5.74) is 1.20. The van der Waals surface area contributed by atoms with Crippen LogP contribution in [0.4, 0.5) is 21.8 Å². The van der Waals surface area contributed by atoms with E-state index >= 15 is 0 Å². The maximum Gasteiger partial charge on any atom is 0.250 e. The maximum atomic E-state index is 13.3. The molecule has 3 aromatic rings. The minimum Gasteiger partial charge on any atom is -0.340 e. The van der Waals surface area contributed by atoms with Crippen LogP contribution in [0.3, 0.4) is 0 Å². The van der Waals surface area contributed by atoms with Gasteiger partial charge in [-0.2, -0.15) is 4.98 Å². The molecular formula is C17H12ClFN4O. The molecule has 0 aliphatic heterocycles. The van der Waals surface area contributed by atoms with Crippen LogP contribution in [-0.4, -0.2) is 15.9 Å². The minimum atomic E-state index is -0.506. The van der Waals surface area contributed by atoms with E-state index in [1.54, 1.807) is 12.1 Å². The Morgan fingerprint density at radius 3 is 2.75 bits per heavy atom. The molecule has 0 atom stereocenters. The molecule has 0 aliphatic rings. The largest absolute Gasteiger partial charge is 0.340 e. The van der Waals surface area contributed by atoms with E-state index < -0.39 is 11.7 Å². The number of aromatic nitrogens is 2. The molecule has 0 bridgehead atoms. The van der Waals surface area contributed by atoms with Gasteiger partial charge in [0.05, 0.1) is 10.5 Å². The summed E-state index contributed by atoms with van der Waals surface area (Å²) in [6, 6.07) is 11.6. The Hall–Kier alpha value is -2.99. The number of halogens is 2. The molecule has 0 spiro atoms. The van der Waals surface area contributed by atoms with E-state index in [9.17, 15) is 9.18 Å². The number of anilines is 3. The number of carbonyl (C=O) groups is 1. The zero-order chi connectivity index (χ0) is 17.1. The van der Waals surface area contributed by atoms with E-state index in [-0.39, 0.29) is 11.0 Å². The first kappa shape index (κ1) is 15.9. The average Bonchev–Trinajstić information content (AvgIpc) is 2.58. The van der Waals surface area contributed by atoms with Gasteiger partial charge in [0.2, 0.25) is 11.9 Å². The number of nitrogens with zero attached hydrogens (tertiary/aromatic N) is 2. The number of fused-ring (bicyclic) bond motifs is 1. The van der Waals surface area contributed by atoms with Gasteiger partial charge in [0.1, 0.15) is 11.6 Å². The van der Waals surface area contributed by atoms with Gasteiger partial charge in [-0.15, -0.1) is 0 Å². The van der Waals surface area contributed by atoms with Crippen molar-refractivity contribution >= 4 is 45.9 Å². The lowest BCUT2D eigenvalue weighted by molar-refractivity contribution is -0.111. The van der Waals surface area contributed by atoms with Crippen molar-refractivity contribution in [2.45, 2.75) is 0 Å². The molecule has 2 aromatic carbocycles. The fraction of sp³-hybridized carbons (Fsp3) is 0. The van der Waals surface area contributed by atoms with E-state index in [1.165, 1.54) is 12.1 Å². The summed E-state index contributed by atoms with van der Waals surface area (Å²) in [7, 11) is 0. The molecule has 0 saturated carbocycles. The van der Waals surface area contributed by atoms with Gasteiger partial charge in [-0.05, 0) is 36.4 Å². The smallest absolute Gasteiger partial charge is 0.250 e. The van der Waals surface area contributed by atoms with Gasteiger partial charge < -0.3 is 5.32 Å². The van der Waals surface area contributed by atoms with Crippen LogP contribution in [-0.2, 0) is 4.79 Å². The van der Waals surface area contributed by atoms with Crippen molar-refractivity contribution in [2.24, 2.45) is 0 Å². The number of benzene rings is 2. The molecule has 24 heavy (non-hydrogen) atoms. The highest BCUT2D eigenvalue weighted by molar-refractivity contribution is 6.31. The Morgan fingerprint density at radius 1 is 1.21 bits per heavy atom. The molecule has 3 rings (SSSR count). The molecule has 5 nitrogen and oxygen atoms in total. The lowest BCUT2D eigenvalue weighted by Crippen LogP contribution is -2.11. The van der Waals surface area contributed by atoms with Crippen LogP contribution in [0.2, 0.25) is 5.02 Å². The van der Waals surface area contributed by atoms with Crippen molar-refractivity contribution < 1.29 is 9.18 Å². The van der Waals surface area contributed by atoms with Crippen LogP contribution in [0.5, 0.6) is 0 Å². The topological polar surface area (TPSA) is 66.9 Å². The fourth-order valence-corrected chi connectivity index (χ4v) is 2.28. The van der Waals surface area contributed by atoms with Crippen LogP contribution in [0.1, 0.15) is 0 Å². The Morgan fingerprint density at radius 2 is 2.00 bits per heavy atom. The second-order valence-corrected chi connectivity index (χ2v) is 5.27. The summed E-state index contributed by atoms with van der Waals surface area (Å²) >= 11 is 5.80. The van der Waals surface area contributed by atoms with E-state index in [0.29, 0.717) is 17.0 Å². The second kappa shape index (κ2) is 6.64. The van der Waals surface area contributed by atoms with Crippen LogP contribution < -0.4 is 10.6 Å². The first-order valence-electron chi connectivity index (χ1n) is 6.99. The van der Waals surface area contributed by atoms with Crippen LogP contribution >= 0.6 is 11.6 Å². The SMILES string of the molecule is C=CC(=O)Nc1nc(Nc2ccc(F)c(Cl)c2)c2ccccc2n1. The summed E-state index contributed by atoms with van der Waals surface area (Å²) in [5.74, 6) is -0.327. The van der Waals surface area contributed by atoms with Crippen molar-refractivity contribution in [1.82, 2.24) is 9.97 Å². The summed E-state index contributed by atoms with van der Waals surface area (Å²) in [4.78, 5) is 20.1. The van der Waals surface area contributed by atoms with Crippen LogP contribution in [0.25, 0.3) is 10.9 Å². The zero-order valence-corrected chi connectivity index (χ0v) is 13.1. The molecule has 0 fully saturated rings. The van der Waals surface area contributed by atoms with E-state index in [1.807, 2.05) is 18.2 Å². The minimum absolute atomic E-state index is 0.00135. The number of hydrogen-bond acceptors (Lipinski definition) is 4. The third-order valence-electron chi connectivity index (χ3n) is 3.21.